The molecule has 6 N–H and O–H groups in total. The molecule has 1 aromatic heterocycles. The second-order valence-electron chi connectivity index (χ2n) is 3.21. The van der Waals surface area contributed by atoms with E-state index in [-0.39, 0.29) is 28.7 Å². The van der Waals surface area contributed by atoms with Crippen molar-refractivity contribution >= 4 is 40.5 Å². The largest absolute Gasteiger partial charge is 0.396 e. The highest BCUT2D eigenvalue weighted by Crippen LogP contribution is 2.37. The molecule has 0 saturated carbocycles. The van der Waals surface area contributed by atoms with Gasteiger partial charge in [0.15, 0.2) is 5.84 Å². The lowest BCUT2D eigenvalue weighted by atomic mass is 10.2. The Kier molecular flexibility index (Phi) is 5.36. The molecular weight excluding hydrogens is 296 g/mol. The third-order valence-corrected chi connectivity index (χ3v) is 4.51. The van der Waals surface area contributed by atoms with E-state index in [1.807, 2.05) is 6.07 Å². The number of hydrogen-bond donors (Lipinski definition) is 3. The van der Waals surface area contributed by atoms with Crippen LogP contribution in [-0.2, 0) is 0 Å². The van der Waals surface area contributed by atoms with Crippen molar-refractivity contribution < 1.29 is 0 Å². The van der Waals surface area contributed by atoms with Gasteiger partial charge in [-0.2, -0.15) is 25.8 Å². The van der Waals surface area contributed by atoms with Gasteiger partial charge in [0.1, 0.15) is 17.5 Å². The van der Waals surface area contributed by atoms with Crippen molar-refractivity contribution in [2.24, 2.45) is 21.5 Å². The summed E-state index contributed by atoms with van der Waals surface area (Å²) < 4.78 is 0.576. The van der Waals surface area contributed by atoms with E-state index in [1.54, 1.807) is 12.4 Å². The minimum atomic E-state index is -0.0444. The second kappa shape index (κ2) is 7.00. The number of thiophene rings is 1. The maximum atomic E-state index is 9.10. The SMILES string of the molecule is N#CN=C(N)CSc1sc(C(N)=NC#N)c(N)c1C#N. The van der Waals surface area contributed by atoms with Crippen LogP contribution in [0.4, 0.5) is 5.69 Å². The third-order valence-electron chi connectivity index (χ3n) is 1.97. The first-order valence-electron chi connectivity index (χ1n) is 4.94. The molecule has 10 heteroatoms. The zero-order valence-corrected chi connectivity index (χ0v) is 11.6. The number of amidine groups is 2. The molecule has 0 bridgehead atoms. The highest BCUT2D eigenvalue weighted by atomic mass is 32.2. The van der Waals surface area contributed by atoms with Crippen molar-refractivity contribution in [2.45, 2.75) is 4.21 Å². The van der Waals surface area contributed by atoms with Gasteiger partial charge in [0.2, 0.25) is 12.4 Å². The van der Waals surface area contributed by atoms with Gasteiger partial charge in [-0.25, -0.2) is 0 Å². The molecule has 20 heavy (non-hydrogen) atoms. The zero-order valence-electron chi connectivity index (χ0n) is 9.99. The van der Waals surface area contributed by atoms with Crippen LogP contribution < -0.4 is 17.2 Å². The van der Waals surface area contributed by atoms with Crippen LogP contribution in [0.3, 0.4) is 0 Å². The predicted octanol–water partition coefficient (Wildman–Crippen LogP) is 0.319. The number of hydrogen-bond acceptors (Lipinski definition) is 8. The van der Waals surface area contributed by atoms with E-state index in [9.17, 15) is 0 Å². The van der Waals surface area contributed by atoms with E-state index in [2.05, 4.69) is 9.98 Å². The molecule has 0 spiro atoms. The lowest BCUT2D eigenvalue weighted by Crippen LogP contribution is -2.13. The Balaban J connectivity index is 3.11. The monoisotopic (exact) mass is 304 g/mol. The smallest absolute Gasteiger partial charge is 0.207 e. The number of anilines is 1. The molecule has 1 rings (SSSR count). The molecule has 0 fully saturated rings. The van der Waals surface area contributed by atoms with Crippen LogP contribution in [0.2, 0.25) is 0 Å². The first-order chi connectivity index (χ1) is 9.54. The van der Waals surface area contributed by atoms with Crippen LogP contribution >= 0.6 is 23.1 Å². The summed E-state index contributed by atoms with van der Waals surface area (Å²) in [6, 6.07) is 1.96. The molecule has 0 saturated heterocycles. The summed E-state index contributed by atoms with van der Waals surface area (Å²) in [4.78, 5) is 7.12. The summed E-state index contributed by atoms with van der Waals surface area (Å²) in [6.45, 7) is 0. The van der Waals surface area contributed by atoms with Gasteiger partial charge in [-0.05, 0) is 0 Å². The Bertz CT molecular complexity index is 695. The van der Waals surface area contributed by atoms with E-state index in [1.165, 1.54) is 11.8 Å². The summed E-state index contributed by atoms with van der Waals surface area (Å²) in [6.07, 6.45) is 3.13. The highest BCUT2D eigenvalue weighted by Gasteiger charge is 2.19. The second-order valence-corrected chi connectivity index (χ2v) is 5.47. The van der Waals surface area contributed by atoms with Gasteiger partial charge in [-0.15, -0.1) is 23.1 Å². The molecule has 0 unspecified atom stereocenters. The normalized spacial score (nSPS) is 11.4. The molecule has 1 aromatic rings. The first kappa shape index (κ1) is 15.3. The van der Waals surface area contributed by atoms with E-state index in [0.717, 1.165) is 11.3 Å². The number of thioether (sulfide) groups is 1. The summed E-state index contributed by atoms with van der Waals surface area (Å²) in [5.74, 6) is 0.322. The number of aliphatic imine (C=N–C) groups is 2. The van der Waals surface area contributed by atoms with E-state index in [0.29, 0.717) is 9.09 Å². The summed E-state index contributed by atoms with van der Waals surface area (Å²) in [5, 5.41) is 25.9. The molecule has 0 aliphatic rings. The van der Waals surface area contributed by atoms with Crippen LogP contribution in [0.15, 0.2) is 14.2 Å². The highest BCUT2D eigenvalue weighted by molar-refractivity contribution is 8.01. The van der Waals surface area contributed by atoms with Gasteiger partial charge in [-0.3, -0.25) is 0 Å². The Morgan fingerprint density at radius 1 is 1.20 bits per heavy atom. The predicted molar refractivity (Wildman–Crippen MR) is 77.7 cm³/mol. The van der Waals surface area contributed by atoms with Crippen molar-refractivity contribution in [2.75, 3.05) is 11.5 Å². The standard InChI is InChI=1S/C10H8N8S2/c11-1-5-7(15)8(9(16)18-4-13)20-10(5)19-2-6(14)17-3-12/h2,15H2,(H2,14,17)(H2,16,18). The topological polar surface area (TPSA) is 174 Å². The van der Waals surface area contributed by atoms with Crippen molar-refractivity contribution in [3.63, 3.8) is 0 Å². The first-order valence-corrected chi connectivity index (χ1v) is 6.74. The molecule has 0 aromatic carbocycles. The van der Waals surface area contributed by atoms with Crippen LogP contribution in [0.25, 0.3) is 0 Å². The molecule has 1 heterocycles. The maximum Gasteiger partial charge on any atom is 0.207 e. The van der Waals surface area contributed by atoms with Crippen molar-refractivity contribution in [1.29, 1.82) is 15.8 Å². The molecular formula is C10H8N8S2. The van der Waals surface area contributed by atoms with E-state index < -0.39 is 0 Å². The van der Waals surface area contributed by atoms with Gasteiger partial charge in [0, 0.05) is 0 Å². The Morgan fingerprint density at radius 2 is 1.85 bits per heavy atom. The molecule has 0 radical (unpaired) electrons. The summed E-state index contributed by atoms with van der Waals surface area (Å²) in [5.41, 5.74) is 17.3. The Morgan fingerprint density at radius 3 is 2.40 bits per heavy atom. The van der Waals surface area contributed by atoms with Gasteiger partial charge in [0.05, 0.1) is 20.5 Å². The van der Waals surface area contributed by atoms with Crippen molar-refractivity contribution in [3.8, 4) is 18.5 Å². The Labute approximate surface area is 122 Å². The molecule has 8 nitrogen and oxygen atoms in total. The van der Waals surface area contributed by atoms with E-state index in [4.69, 9.17) is 33.0 Å². The molecule has 0 amide bonds. The molecule has 0 aliphatic carbocycles. The van der Waals surface area contributed by atoms with Gasteiger partial charge < -0.3 is 17.2 Å². The van der Waals surface area contributed by atoms with E-state index >= 15 is 0 Å². The lowest BCUT2D eigenvalue weighted by molar-refractivity contribution is 1.41. The molecule has 0 aliphatic heterocycles. The molecule has 0 atom stereocenters. The number of nitrogens with two attached hydrogens (primary N) is 3. The lowest BCUT2D eigenvalue weighted by Gasteiger charge is -1.97. The van der Waals surface area contributed by atoms with Crippen LogP contribution in [0.1, 0.15) is 10.4 Å². The quantitative estimate of drug-likeness (QED) is 0.310. The summed E-state index contributed by atoms with van der Waals surface area (Å²) in [7, 11) is 0. The zero-order chi connectivity index (χ0) is 15.1. The average Bonchev–Trinajstić information content (AvgIpc) is 2.73. The van der Waals surface area contributed by atoms with Crippen LogP contribution in [0, 0.1) is 34.2 Å². The number of nitriles is 3. The fourth-order valence-electron chi connectivity index (χ4n) is 1.16. The van der Waals surface area contributed by atoms with Gasteiger partial charge in [0.25, 0.3) is 0 Å². The van der Waals surface area contributed by atoms with Gasteiger partial charge >= 0.3 is 0 Å². The maximum absolute atomic E-state index is 9.10. The number of nitrogen functional groups attached to an aromatic ring is 1. The fraction of sp³-hybridized carbons (Fsp3) is 0.100. The fourth-order valence-corrected chi connectivity index (χ4v) is 3.27. The van der Waals surface area contributed by atoms with Crippen LogP contribution in [-0.4, -0.2) is 17.4 Å². The Hall–Kier alpha value is -2.74. The number of nitrogens with zero attached hydrogens (tertiary/aromatic N) is 5. The van der Waals surface area contributed by atoms with Gasteiger partial charge in [-0.1, -0.05) is 0 Å². The average molecular weight is 304 g/mol. The minimum Gasteiger partial charge on any atom is -0.396 e. The van der Waals surface area contributed by atoms with Crippen LogP contribution in [0.5, 0.6) is 0 Å². The van der Waals surface area contributed by atoms with Crippen molar-refractivity contribution in [3.05, 3.63) is 10.4 Å². The van der Waals surface area contributed by atoms with Crippen molar-refractivity contribution in [1.82, 2.24) is 0 Å². The summed E-state index contributed by atoms with van der Waals surface area (Å²) >= 11 is 2.34. The molecule has 100 valence electrons. The third kappa shape index (κ3) is 3.39. The number of rotatable bonds is 4. The minimum absolute atomic E-state index is 0.0444.